The molecule has 1 N–H and O–H groups in total. The van der Waals surface area contributed by atoms with Crippen LogP contribution in [-0.2, 0) is 11.3 Å². The lowest BCUT2D eigenvalue weighted by Gasteiger charge is -2.35. The number of amides is 1. The van der Waals surface area contributed by atoms with Crippen LogP contribution in [0.2, 0.25) is 0 Å². The summed E-state index contributed by atoms with van der Waals surface area (Å²) < 4.78 is 5.21. The van der Waals surface area contributed by atoms with Gasteiger partial charge in [0.2, 0.25) is 11.8 Å². The fraction of sp³-hybridized carbons (Fsp3) is 0.769. The second kappa shape index (κ2) is 6.32. The van der Waals surface area contributed by atoms with E-state index >= 15 is 0 Å². The van der Waals surface area contributed by atoms with E-state index in [0.717, 1.165) is 13.1 Å². The zero-order valence-electron chi connectivity index (χ0n) is 12.6. The average Bonchev–Trinajstić information content (AvgIpc) is 2.87. The van der Waals surface area contributed by atoms with Crippen LogP contribution >= 0.6 is 0 Å². The number of rotatable bonds is 4. The molecule has 1 aliphatic heterocycles. The fourth-order valence-electron chi connectivity index (χ4n) is 2.23. The van der Waals surface area contributed by atoms with Crippen molar-refractivity contribution in [3.05, 3.63) is 11.7 Å². The van der Waals surface area contributed by atoms with E-state index in [1.54, 1.807) is 19.0 Å². The van der Waals surface area contributed by atoms with Crippen molar-refractivity contribution in [2.75, 3.05) is 33.7 Å². The monoisotopic (exact) mass is 281 g/mol. The van der Waals surface area contributed by atoms with E-state index in [9.17, 15) is 4.79 Å². The van der Waals surface area contributed by atoms with Gasteiger partial charge in [-0.25, -0.2) is 0 Å². The highest BCUT2D eigenvalue weighted by atomic mass is 16.5. The van der Waals surface area contributed by atoms with E-state index < -0.39 is 0 Å². The number of aromatic nitrogens is 2. The van der Waals surface area contributed by atoms with E-state index in [-0.39, 0.29) is 17.9 Å². The molecular weight excluding hydrogens is 258 g/mol. The lowest BCUT2D eigenvalue weighted by molar-refractivity contribution is -0.135. The molecule has 7 nitrogen and oxygen atoms in total. The fourth-order valence-corrected chi connectivity index (χ4v) is 2.23. The molecule has 1 aromatic rings. The maximum absolute atomic E-state index is 12.2. The number of hydrogen-bond donors (Lipinski definition) is 1. The summed E-state index contributed by atoms with van der Waals surface area (Å²) in [6.07, 6.45) is 0. The van der Waals surface area contributed by atoms with Gasteiger partial charge < -0.3 is 14.7 Å². The number of carbonyl (C=O) groups is 1. The molecule has 2 rings (SSSR count). The molecule has 0 aliphatic carbocycles. The van der Waals surface area contributed by atoms with E-state index in [1.165, 1.54) is 0 Å². The molecule has 7 heteroatoms. The normalized spacial score (nSPS) is 20.4. The summed E-state index contributed by atoms with van der Waals surface area (Å²) in [5, 5.41) is 7.25. The second-order valence-electron chi connectivity index (χ2n) is 5.63. The molecule has 1 amide bonds. The molecule has 1 fully saturated rings. The molecule has 0 saturated carbocycles. The van der Waals surface area contributed by atoms with Gasteiger partial charge in [0, 0.05) is 39.6 Å². The third kappa shape index (κ3) is 3.34. The second-order valence-corrected chi connectivity index (χ2v) is 5.63. The molecule has 112 valence electrons. The number of nitrogens with one attached hydrogen (secondary N) is 1. The van der Waals surface area contributed by atoms with Crippen LogP contribution in [-0.4, -0.2) is 65.6 Å². The van der Waals surface area contributed by atoms with Crippen LogP contribution in [0.4, 0.5) is 0 Å². The highest BCUT2D eigenvalue weighted by molar-refractivity contribution is 5.81. The van der Waals surface area contributed by atoms with Crippen LogP contribution in [0.3, 0.4) is 0 Å². The van der Waals surface area contributed by atoms with Crippen LogP contribution in [0.15, 0.2) is 4.52 Å². The molecule has 1 saturated heterocycles. The van der Waals surface area contributed by atoms with Gasteiger partial charge in [0.25, 0.3) is 0 Å². The van der Waals surface area contributed by atoms with Gasteiger partial charge in [-0.2, -0.15) is 4.98 Å². The molecule has 1 atom stereocenters. The first kappa shape index (κ1) is 14.9. The standard InChI is InChI=1S/C13H23N5O2/c1-9(2)12-15-11(16-20-12)8-18-6-5-14-7-10(18)13(19)17(3)4/h9-10,14H,5-8H2,1-4H3. The highest BCUT2D eigenvalue weighted by Crippen LogP contribution is 2.14. The summed E-state index contributed by atoms with van der Waals surface area (Å²) >= 11 is 0. The summed E-state index contributed by atoms with van der Waals surface area (Å²) in [7, 11) is 3.56. The minimum absolute atomic E-state index is 0.102. The first-order chi connectivity index (χ1) is 9.49. The minimum atomic E-state index is -0.167. The Hall–Kier alpha value is -1.47. The number of carbonyl (C=O) groups excluding carboxylic acids is 1. The molecular formula is C13H23N5O2. The summed E-state index contributed by atoms with van der Waals surface area (Å²) in [6, 6.07) is -0.167. The predicted octanol–water partition coefficient (Wildman–Crippen LogP) is 0.0550. The SMILES string of the molecule is CC(C)c1nc(CN2CCNCC2C(=O)N(C)C)no1. The molecule has 1 aliphatic rings. The number of likely N-dealkylation sites (N-methyl/N-ethyl adjacent to an activating group) is 1. The average molecular weight is 281 g/mol. The molecule has 0 bridgehead atoms. The summed E-state index contributed by atoms with van der Waals surface area (Å²) in [6.45, 7) is 6.90. The highest BCUT2D eigenvalue weighted by Gasteiger charge is 2.30. The van der Waals surface area contributed by atoms with Gasteiger partial charge in [0.15, 0.2) is 5.82 Å². The van der Waals surface area contributed by atoms with Gasteiger partial charge in [0.1, 0.15) is 6.04 Å². The third-order valence-electron chi connectivity index (χ3n) is 3.40. The molecule has 2 heterocycles. The van der Waals surface area contributed by atoms with Crippen molar-refractivity contribution >= 4 is 5.91 Å². The van der Waals surface area contributed by atoms with Crippen molar-refractivity contribution in [3.8, 4) is 0 Å². The zero-order chi connectivity index (χ0) is 14.7. The quantitative estimate of drug-likeness (QED) is 0.841. The zero-order valence-corrected chi connectivity index (χ0v) is 12.6. The smallest absolute Gasteiger partial charge is 0.240 e. The van der Waals surface area contributed by atoms with E-state index in [4.69, 9.17) is 4.52 Å². The van der Waals surface area contributed by atoms with E-state index in [2.05, 4.69) is 20.4 Å². The lowest BCUT2D eigenvalue weighted by atomic mass is 10.1. The molecule has 1 unspecified atom stereocenters. The first-order valence-electron chi connectivity index (χ1n) is 6.97. The molecule has 0 radical (unpaired) electrons. The summed E-state index contributed by atoms with van der Waals surface area (Å²) in [5.41, 5.74) is 0. The Kier molecular flexibility index (Phi) is 4.72. The van der Waals surface area contributed by atoms with Gasteiger partial charge in [-0.05, 0) is 0 Å². The molecule has 1 aromatic heterocycles. The van der Waals surface area contributed by atoms with Gasteiger partial charge in [-0.3, -0.25) is 9.69 Å². The Morgan fingerprint density at radius 1 is 1.55 bits per heavy atom. The number of piperazine rings is 1. The van der Waals surface area contributed by atoms with Crippen LogP contribution in [0.25, 0.3) is 0 Å². The van der Waals surface area contributed by atoms with Crippen LogP contribution < -0.4 is 5.32 Å². The Labute approximate surface area is 119 Å². The topological polar surface area (TPSA) is 74.5 Å². The van der Waals surface area contributed by atoms with Crippen molar-refractivity contribution in [1.82, 2.24) is 25.3 Å². The van der Waals surface area contributed by atoms with Crippen molar-refractivity contribution in [2.24, 2.45) is 0 Å². The summed E-state index contributed by atoms with van der Waals surface area (Å²) in [5.74, 6) is 1.61. The third-order valence-corrected chi connectivity index (χ3v) is 3.40. The largest absolute Gasteiger partial charge is 0.347 e. The number of hydrogen-bond acceptors (Lipinski definition) is 6. The molecule has 0 aromatic carbocycles. The maximum atomic E-state index is 12.2. The lowest BCUT2D eigenvalue weighted by Crippen LogP contribution is -2.57. The Balaban J connectivity index is 2.06. The van der Waals surface area contributed by atoms with Crippen molar-refractivity contribution < 1.29 is 9.32 Å². The minimum Gasteiger partial charge on any atom is -0.347 e. The van der Waals surface area contributed by atoms with Crippen molar-refractivity contribution in [2.45, 2.75) is 32.4 Å². The molecule has 20 heavy (non-hydrogen) atoms. The Morgan fingerprint density at radius 2 is 2.30 bits per heavy atom. The summed E-state index contributed by atoms with van der Waals surface area (Å²) in [4.78, 5) is 20.3. The predicted molar refractivity (Wildman–Crippen MR) is 74.1 cm³/mol. The Bertz CT molecular complexity index is 457. The van der Waals surface area contributed by atoms with Gasteiger partial charge in [-0.1, -0.05) is 19.0 Å². The van der Waals surface area contributed by atoms with Gasteiger partial charge in [0.05, 0.1) is 6.54 Å². The number of nitrogens with zero attached hydrogens (tertiary/aromatic N) is 4. The van der Waals surface area contributed by atoms with Crippen LogP contribution in [0.5, 0.6) is 0 Å². The van der Waals surface area contributed by atoms with Crippen LogP contribution in [0.1, 0.15) is 31.5 Å². The Morgan fingerprint density at radius 3 is 2.90 bits per heavy atom. The van der Waals surface area contributed by atoms with Crippen molar-refractivity contribution in [1.29, 1.82) is 0 Å². The molecule has 0 spiro atoms. The maximum Gasteiger partial charge on any atom is 0.240 e. The first-order valence-corrected chi connectivity index (χ1v) is 6.97. The van der Waals surface area contributed by atoms with Gasteiger partial charge >= 0.3 is 0 Å². The van der Waals surface area contributed by atoms with Crippen LogP contribution in [0, 0.1) is 0 Å². The van der Waals surface area contributed by atoms with Crippen molar-refractivity contribution in [3.63, 3.8) is 0 Å². The van der Waals surface area contributed by atoms with E-state index in [1.807, 2.05) is 13.8 Å². The van der Waals surface area contributed by atoms with Gasteiger partial charge in [-0.15, -0.1) is 0 Å². The van der Waals surface area contributed by atoms with E-state index in [0.29, 0.717) is 24.8 Å².